The number of sulfonamides is 1. The second-order valence-electron chi connectivity index (χ2n) is 9.07. The number of nitrogens with one attached hydrogen (secondary N) is 2. The Hall–Kier alpha value is -3.54. The SMILES string of the molecule is CCOC(=O)CS(=O)(=O)Nc1ccc(C(=O)Nc2cccn(OC)c2=O)c(N2CCC3(CC2)CC3)c1. The number of piperidine rings is 1. The first-order valence-electron chi connectivity index (χ1n) is 11.8. The molecule has 0 unspecified atom stereocenters. The van der Waals surface area contributed by atoms with Gasteiger partial charge in [0.1, 0.15) is 12.8 Å². The minimum absolute atomic E-state index is 0.0464. The van der Waals surface area contributed by atoms with E-state index >= 15 is 0 Å². The van der Waals surface area contributed by atoms with Crippen LogP contribution in [0.15, 0.2) is 41.3 Å². The van der Waals surface area contributed by atoms with Crippen LogP contribution < -0.4 is 25.3 Å². The number of anilines is 3. The van der Waals surface area contributed by atoms with Crippen molar-refractivity contribution in [3.8, 4) is 0 Å². The maximum atomic E-state index is 13.3. The lowest BCUT2D eigenvalue weighted by Gasteiger charge is -2.35. The van der Waals surface area contributed by atoms with Crippen molar-refractivity contribution in [2.45, 2.75) is 32.6 Å². The van der Waals surface area contributed by atoms with Crippen LogP contribution in [0.4, 0.5) is 17.1 Å². The van der Waals surface area contributed by atoms with Crippen LogP contribution in [-0.4, -0.2) is 57.6 Å². The summed E-state index contributed by atoms with van der Waals surface area (Å²) < 4.78 is 33.1. The highest BCUT2D eigenvalue weighted by atomic mass is 32.2. The smallest absolute Gasteiger partial charge is 0.323 e. The van der Waals surface area contributed by atoms with E-state index in [4.69, 9.17) is 9.57 Å². The second kappa shape index (κ2) is 10.2. The maximum Gasteiger partial charge on any atom is 0.323 e. The predicted molar refractivity (Wildman–Crippen MR) is 135 cm³/mol. The van der Waals surface area contributed by atoms with Gasteiger partial charge in [-0.2, -0.15) is 4.73 Å². The third-order valence-electron chi connectivity index (χ3n) is 6.61. The van der Waals surface area contributed by atoms with Gasteiger partial charge in [-0.1, -0.05) is 0 Å². The van der Waals surface area contributed by atoms with E-state index in [-0.39, 0.29) is 18.0 Å². The molecule has 0 radical (unpaired) electrons. The molecule has 2 aliphatic rings. The molecule has 1 spiro atoms. The van der Waals surface area contributed by atoms with E-state index in [1.54, 1.807) is 19.1 Å². The molecule has 1 aromatic heterocycles. The molecule has 1 aliphatic heterocycles. The quantitative estimate of drug-likeness (QED) is 0.480. The fraction of sp³-hybridized carbons (Fsp3) is 0.458. The Morgan fingerprint density at radius 2 is 1.83 bits per heavy atom. The highest BCUT2D eigenvalue weighted by molar-refractivity contribution is 7.93. The van der Waals surface area contributed by atoms with Crippen molar-refractivity contribution in [2.75, 3.05) is 47.5 Å². The number of esters is 1. The first kappa shape index (κ1) is 25.5. The first-order chi connectivity index (χ1) is 17.1. The molecule has 36 heavy (non-hydrogen) atoms. The predicted octanol–water partition coefficient (Wildman–Crippen LogP) is 1.84. The zero-order valence-electron chi connectivity index (χ0n) is 20.3. The van der Waals surface area contributed by atoms with Crippen LogP contribution in [0.1, 0.15) is 43.0 Å². The van der Waals surface area contributed by atoms with E-state index in [2.05, 4.69) is 14.9 Å². The van der Waals surface area contributed by atoms with Gasteiger partial charge in [-0.3, -0.25) is 19.1 Å². The molecule has 11 nitrogen and oxygen atoms in total. The summed E-state index contributed by atoms with van der Waals surface area (Å²) in [6.45, 7) is 3.12. The molecule has 2 aromatic rings. The molecular formula is C24H30N4O7S. The largest absolute Gasteiger partial charge is 0.465 e. The van der Waals surface area contributed by atoms with Gasteiger partial charge in [0.2, 0.25) is 10.0 Å². The fourth-order valence-corrected chi connectivity index (χ4v) is 5.38. The second-order valence-corrected chi connectivity index (χ2v) is 10.8. The molecule has 0 atom stereocenters. The van der Waals surface area contributed by atoms with Gasteiger partial charge >= 0.3 is 11.5 Å². The van der Waals surface area contributed by atoms with Gasteiger partial charge in [0.05, 0.1) is 23.5 Å². The van der Waals surface area contributed by atoms with Crippen LogP contribution in [-0.2, 0) is 19.6 Å². The fourth-order valence-electron chi connectivity index (χ4n) is 4.42. The van der Waals surface area contributed by atoms with Crippen LogP contribution in [0.2, 0.25) is 0 Å². The molecule has 1 saturated carbocycles. The van der Waals surface area contributed by atoms with E-state index in [1.807, 2.05) is 0 Å². The molecule has 1 saturated heterocycles. The van der Waals surface area contributed by atoms with Gasteiger partial charge in [-0.15, -0.1) is 0 Å². The summed E-state index contributed by atoms with van der Waals surface area (Å²) in [4.78, 5) is 44.4. The van der Waals surface area contributed by atoms with Crippen LogP contribution >= 0.6 is 0 Å². The number of carbonyl (C=O) groups is 2. The number of nitrogens with zero attached hydrogens (tertiary/aromatic N) is 2. The number of hydrogen-bond acceptors (Lipinski definition) is 8. The molecule has 1 aromatic carbocycles. The van der Waals surface area contributed by atoms with E-state index in [0.29, 0.717) is 16.7 Å². The number of aromatic nitrogens is 1. The standard InChI is InChI=1S/C24H30N4O7S/c1-3-35-21(29)16-36(32,33)26-17-6-7-18(20(15-17)27-13-10-24(8-9-24)11-14-27)22(30)25-19-5-4-12-28(34-2)23(19)31/h4-7,12,15,26H,3,8-11,13-14,16H2,1-2H3,(H,25,30). The molecule has 4 rings (SSSR count). The topological polar surface area (TPSA) is 136 Å². The average Bonchev–Trinajstić information content (AvgIpc) is 3.59. The third-order valence-corrected chi connectivity index (χ3v) is 7.77. The summed E-state index contributed by atoms with van der Waals surface area (Å²) in [5.74, 6) is -2.18. The Balaban J connectivity index is 1.61. The summed E-state index contributed by atoms with van der Waals surface area (Å²) >= 11 is 0. The molecule has 2 fully saturated rings. The van der Waals surface area contributed by atoms with E-state index in [0.717, 1.165) is 30.7 Å². The Kier molecular flexibility index (Phi) is 7.25. The zero-order chi connectivity index (χ0) is 25.9. The number of ether oxygens (including phenoxy) is 1. The Morgan fingerprint density at radius 1 is 1.11 bits per heavy atom. The molecule has 194 valence electrons. The van der Waals surface area contributed by atoms with E-state index in [9.17, 15) is 22.8 Å². The van der Waals surface area contributed by atoms with E-state index < -0.39 is 33.2 Å². The first-order valence-corrected chi connectivity index (χ1v) is 13.4. The number of benzene rings is 1. The van der Waals surface area contributed by atoms with E-state index in [1.165, 1.54) is 44.3 Å². The number of amides is 1. The number of rotatable bonds is 9. The van der Waals surface area contributed by atoms with Crippen molar-refractivity contribution >= 4 is 39.0 Å². The van der Waals surface area contributed by atoms with Crippen molar-refractivity contribution in [3.63, 3.8) is 0 Å². The molecule has 12 heteroatoms. The number of pyridine rings is 1. The maximum absolute atomic E-state index is 13.3. The number of hydrogen-bond donors (Lipinski definition) is 2. The highest BCUT2D eigenvalue weighted by Crippen LogP contribution is 2.54. The molecule has 1 amide bonds. The van der Waals surface area contributed by atoms with Crippen molar-refractivity contribution < 1.29 is 27.6 Å². The third kappa shape index (κ3) is 5.81. The molecule has 2 N–H and O–H groups in total. The highest BCUT2D eigenvalue weighted by Gasteiger charge is 2.44. The van der Waals surface area contributed by atoms with Crippen LogP contribution in [0, 0.1) is 5.41 Å². The van der Waals surface area contributed by atoms with Gasteiger partial charge in [-0.05, 0) is 68.4 Å². The normalized spacial score (nSPS) is 16.3. The van der Waals surface area contributed by atoms with Crippen LogP contribution in [0.25, 0.3) is 0 Å². The summed E-state index contributed by atoms with van der Waals surface area (Å²) in [6, 6.07) is 7.59. The van der Waals surface area contributed by atoms with Crippen molar-refractivity contribution in [1.29, 1.82) is 0 Å². The Morgan fingerprint density at radius 3 is 2.47 bits per heavy atom. The van der Waals surface area contributed by atoms with Crippen molar-refractivity contribution in [2.24, 2.45) is 5.41 Å². The summed E-state index contributed by atoms with van der Waals surface area (Å²) in [5, 5.41) is 2.64. The van der Waals surface area contributed by atoms with Gasteiger partial charge in [0.15, 0.2) is 5.75 Å². The summed E-state index contributed by atoms with van der Waals surface area (Å²) in [6.07, 6.45) is 5.83. The van der Waals surface area contributed by atoms with Crippen molar-refractivity contribution in [1.82, 2.24) is 4.73 Å². The number of carbonyl (C=O) groups excluding carboxylic acids is 2. The lowest BCUT2D eigenvalue weighted by atomic mass is 9.93. The van der Waals surface area contributed by atoms with Crippen LogP contribution in [0.3, 0.4) is 0 Å². The zero-order valence-corrected chi connectivity index (χ0v) is 21.1. The molecular weight excluding hydrogens is 488 g/mol. The van der Waals surface area contributed by atoms with Gasteiger partial charge in [-0.25, -0.2) is 8.42 Å². The molecule has 2 heterocycles. The van der Waals surface area contributed by atoms with Gasteiger partial charge in [0.25, 0.3) is 5.91 Å². The molecule has 1 aliphatic carbocycles. The van der Waals surface area contributed by atoms with Crippen LogP contribution in [0.5, 0.6) is 0 Å². The monoisotopic (exact) mass is 518 g/mol. The van der Waals surface area contributed by atoms with Crippen molar-refractivity contribution in [3.05, 3.63) is 52.4 Å². The lowest BCUT2D eigenvalue weighted by molar-refractivity contribution is -0.139. The molecule has 0 bridgehead atoms. The summed E-state index contributed by atoms with van der Waals surface area (Å²) in [7, 11) is -2.67. The Bertz CT molecular complexity index is 1310. The van der Waals surface area contributed by atoms with Gasteiger partial charge < -0.3 is 19.8 Å². The Labute approximate surface area is 209 Å². The summed E-state index contributed by atoms with van der Waals surface area (Å²) in [5.41, 5.74) is 0.980. The average molecular weight is 519 g/mol. The minimum atomic E-state index is -4.01. The lowest BCUT2D eigenvalue weighted by Crippen LogP contribution is -2.36. The van der Waals surface area contributed by atoms with Gasteiger partial charge in [0, 0.05) is 19.3 Å². The minimum Gasteiger partial charge on any atom is -0.465 e.